The van der Waals surface area contributed by atoms with Crippen molar-refractivity contribution in [1.82, 2.24) is 0 Å². The Hall–Kier alpha value is -0.953. The van der Waals surface area contributed by atoms with E-state index in [1.165, 1.54) is 44.9 Å². The Morgan fingerprint density at radius 1 is 0.864 bits per heavy atom. The molecule has 0 N–H and O–H groups in total. The van der Waals surface area contributed by atoms with Crippen LogP contribution in [0.5, 0.6) is 0 Å². The van der Waals surface area contributed by atoms with E-state index in [1.54, 1.807) is 17.7 Å². The Morgan fingerprint density at radius 3 is 2.11 bits per heavy atom. The van der Waals surface area contributed by atoms with Crippen LogP contribution in [0.3, 0.4) is 0 Å². The van der Waals surface area contributed by atoms with Gasteiger partial charge in [0.15, 0.2) is 0 Å². The first-order chi connectivity index (χ1) is 20.6. The van der Waals surface area contributed by atoms with Gasteiger partial charge in [0.2, 0.25) is 8.32 Å². The van der Waals surface area contributed by atoms with Crippen LogP contribution in [0.1, 0.15) is 119 Å². The molecule has 1 aromatic carbocycles. The van der Waals surface area contributed by atoms with E-state index in [0.29, 0.717) is 40.0 Å². The Morgan fingerprint density at radius 2 is 1.50 bits per heavy atom. The van der Waals surface area contributed by atoms with E-state index >= 15 is 0 Å². The minimum atomic E-state index is -3.74. The number of rotatable bonds is 10. The molecule has 4 nitrogen and oxygen atoms in total. The average molecular weight is 643 g/mol. The molecule has 4 aliphatic rings. The number of hydrogen-bond acceptors (Lipinski definition) is 4. The molecular formula is C38H62O4SSi. The molecule has 1 aromatic rings. The normalized spacial score (nSPS) is 34.9. The van der Waals surface area contributed by atoms with Gasteiger partial charge in [-0.25, -0.2) is 0 Å². The van der Waals surface area contributed by atoms with Crippen LogP contribution in [0, 0.1) is 47.3 Å². The summed E-state index contributed by atoms with van der Waals surface area (Å²) < 4.78 is 38.9. The molecule has 5 rings (SSSR count). The van der Waals surface area contributed by atoms with Crippen LogP contribution < -0.4 is 0 Å². The minimum absolute atomic E-state index is 0.215. The largest absolute Gasteiger partial charge is 0.413 e. The van der Waals surface area contributed by atoms with Gasteiger partial charge >= 0.3 is 0 Å². The molecule has 44 heavy (non-hydrogen) atoms. The van der Waals surface area contributed by atoms with Gasteiger partial charge < -0.3 is 4.43 Å². The highest BCUT2D eigenvalue weighted by Gasteiger charge is 2.59. The fraction of sp³-hybridized carbons (Fsp3) is 0.789. The zero-order valence-corrected chi connectivity index (χ0v) is 31.3. The van der Waals surface area contributed by atoms with Crippen molar-refractivity contribution in [2.75, 3.05) is 6.61 Å². The van der Waals surface area contributed by atoms with Crippen LogP contribution in [0.2, 0.25) is 16.6 Å². The molecule has 0 bridgehead atoms. The van der Waals surface area contributed by atoms with Crippen LogP contribution in [0.15, 0.2) is 40.8 Å². The highest BCUT2D eigenvalue weighted by atomic mass is 32.2. The monoisotopic (exact) mass is 642 g/mol. The lowest BCUT2D eigenvalue weighted by Crippen LogP contribution is -2.53. The lowest BCUT2D eigenvalue weighted by Gasteiger charge is -2.59. The van der Waals surface area contributed by atoms with E-state index in [1.807, 2.05) is 19.1 Å². The van der Waals surface area contributed by atoms with Gasteiger partial charge in [0.1, 0.15) is 0 Å². The zero-order valence-electron chi connectivity index (χ0n) is 29.5. The Labute approximate surface area is 271 Å². The third-order valence-electron chi connectivity index (χ3n) is 13.7. The molecule has 3 fully saturated rings. The molecular weight excluding hydrogens is 581 g/mol. The van der Waals surface area contributed by atoms with Crippen molar-refractivity contribution in [2.45, 2.75) is 148 Å². The molecule has 0 heterocycles. The summed E-state index contributed by atoms with van der Waals surface area (Å²) in [5.74, 6) is 2.94. The number of allylic oxidation sites excluding steroid dienone is 1. The van der Waals surface area contributed by atoms with Gasteiger partial charge in [0, 0.05) is 6.10 Å². The predicted octanol–water partition coefficient (Wildman–Crippen LogP) is 10.5. The standard InChI is InChI=1S/C38H62O4SSi/c1-25(2)44(26(3)4,27(5)6)42-31-19-21-37(9)30(23-31)13-16-33-35-18-17-34(38(35,10)22-20-36(33)37)29(8)24-41-43(39,40)32-14-11-28(7)12-15-32/h11-15,25-27,29,31,33-36H,16-24H2,1-10H3/t29-,31+,33+,34-,35+,36+,37+,38-/m1/s1. The van der Waals surface area contributed by atoms with Gasteiger partial charge in [0.25, 0.3) is 10.1 Å². The van der Waals surface area contributed by atoms with E-state index in [2.05, 4.69) is 68.4 Å². The molecule has 8 atom stereocenters. The number of fused-ring (bicyclic) bond motifs is 5. The van der Waals surface area contributed by atoms with Gasteiger partial charge in [-0.1, -0.05) is 91.7 Å². The summed E-state index contributed by atoms with van der Waals surface area (Å²) in [4.78, 5) is 0.259. The lowest BCUT2D eigenvalue weighted by molar-refractivity contribution is -0.0584. The second-order valence-electron chi connectivity index (χ2n) is 16.8. The predicted molar refractivity (Wildman–Crippen MR) is 185 cm³/mol. The van der Waals surface area contributed by atoms with E-state index in [-0.39, 0.29) is 22.8 Å². The average Bonchev–Trinajstić information content (AvgIpc) is 3.31. The first-order valence-electron chi connectivity index (χ1n) is 17.9. The van der Waals surface area contributed by atoms with Gasteiger partial charge in [-0.15, -0.1) is 0 Å². The van der Waals surface area contributed by atoms with Crippen LogP contribution >= 0.6 is 0 Å². The molecule has 0 saturated heterocycles. The second kappa shape index (κ2) is 12.6. The molecule has 4 aliphatic carbocycles. The lowest BCUT2D eigenvalue weighted by atomic mass is 9.47. The Bertz CT molecular complexity index is 1280. The maximum atomic E-state index is 12.9. The fourth-order valence-electron chi connectivity index (χ4n) is 11.5. The molecule has 6 heteroatoms. The summed E-state index contributed by atoms with van der Waals surface area (Å²) in [7, 11) is -5.63. The summed E-state index contributed by atoms with van der Waals surface area (Å²) >= 11 is 0. The van der Waals surface area contributed by atoms with E-state index in [0.717, 1.165) is 23.8 Å². The van der Waals surface area contributed by atoms with Crippen LogP contribution in [-0.4, -0.2) is 29.4 Å². The molecule has 3 saturated carbocycles. The van der Waals surface area contributed by atoms with Crippen molar-refractivity contribution >= 4 is 18.4 Å². The van der Waals surface area contributed by atoms with Gasteiger partial charge in [-0.2, -0.15) is 8.42 Å². The zero-order chi connectivity index (χ0) is 32.2. The highest BCUT2D eigenvalue weighted by Crippen LogP contribution is 2.67. The topological polar surface area (TPSA) is 52.6 Å². The second-order valence-corrected chi connectivity index (χ2v) is 23.8. The number of aryl methyl sites for hydroxylation is 1. The first-order valence-corrected chi connectivity index (χ1v) is 21.4. The summed E-state index contributed by atoms with van der Waals surface area (Å²) in [6.07, 6.45) is 12.9. The van der Waals surface area contributed by atoms with E-state index in [9.17, 15) is 8.42 Å². The maximum absolute atomic E-state index is 12.9. The van der Waals surface area contributed by atoms with Crippen molar-refractivity contribution in [3.05, 3.63) is 41.5 Å². The SMILES string of the molecule is Cc1ccc(S(=O)(=O)OC[C@@H](C)[C@H]2CC[C@H]3[C@@H]4CC=C5C[C@@H](O[Si](C(C)C)(C(C)C)C(C)C)CC[C@]5(C)[C@H]4CC[C@]23C)cc1. The third kappa shape index (κ3) is 5.85. The van der Waals surface area contributed by atoms with Crippen molar-refractivity contribution in [1.29, 1.82) is 0 Å². The van der Waals surface area contributed by atoms with E-state index in [4.69, 9.17) is 8.61 Å². The molecule has 0 aromatic heterocycles. The van der Waals surface area contributed by atoms with Crippen molar-refractivity contribution in [2.24, 2.45) is 40.4 Å². The van der Waals surface area contributed by atoms with Crippen LogP contribution in [0.4, 0.5) is 0 Å². The minimum Gasteiger partial charge on any atom is -0.413 e. The molecule has 0 amide bonds. The summed E-state index contributed by atoms with van der Waals surface area (Å²) in [5, 5.41) is 0. The maximum Gasteiger partial charge on any atom is 0.296 e. The Kier molecular flexibility index (Phi) is 9.83. The molecule has 0 spiro atoms. The fourth-order valence-corrected chi connectivity index (χ4v) is 18.1. The summed E-state index contributed by atoms with van der Waals surface area (Å²) in [5.41, 5.74) is 5.19. The highest BCUT2D eigenvalue weighted by molar-refractivity contribution is 7.86. The number of hydrogen-bond donors (Lipinski definition) is 0. The first kappa shape index (κ1) is 34.4. The summed E-state index contributed by atoms with van der Waals surface area (Å²) in [6.45, 7) is 24.1. The van der Waals surface area contributed by atoms with E-state index < -0.39 is 18.4 Å². The molecule has 0 radical (unpaired) electrons. The van der Waals surface area contributed by atoms with Gasteiger partial charge in [-0.3, -0.25) is 4.18 Å². The van der Waals surface area contributed by atoms with Crippen molar-refractivity contribution in [3.8, 4) is 0 Å². The smallest absolute Gasteiger partial charge is 0.296 e. The molecule has 0 unspecified atom stereocenters. The molecule has 0 aliphatic heterocycles. The Balaban J connectivity index is 1.27. The summed E-state index contributed by atoms with van der Waals surface area (Å²) in [6, 6.07) is 6.99. The van der Waals surface area contributed by atoms with Gasteiger partial charge in [-0.05, 0) is 127 Å². The van der Waals surface area contributed by atoms with Crippen molar-refractivity contribution < 1.29 is 17.0 Å². The quantitative estimate of drug-likeness (QED) is 0.145. The third-order valence-corrected chi connectivity index (χ3v) is 21.1. The van der Waals surface area contributed by atoms with Crippen LogP contribution in [-0.2, 0) is 18.7 Å². The molecule has 248 valence electrons. The number of benzene rings is 1. The van der Waals surface area contributed by atoms with Crippen LogP contribution in [0.25, 0.3) is 0 Å². The van der Waals surface area contributed by atoms with Gasteiger partial charge in [0.05, 0.1) is 11.5 Å². The van der Waals surface area contributed by atoms with Crippen molar-refractivity contribution in [3.63, 3.8) is 0 Å².